The Kier molecular flexibility index (Phi) is 3.59. The Hall–Kier alpha value is -1.29. The lowest BCUT2D eigenvalue weighted by atomic mass is 10.0. The van der Waals surface area contributed by atoms with Gasteiger partial charge in [-0.25, -0.2) is 0 Å². The highest BCUT2D eigenvalue weighted by molar-refractivity contribution is 9.10. The molecule has 100 valence electrons. The Bertz CT molecular complexity index is 826. The number of ketones is 1. The Balaban J connectivity index is 2.15. The number of rotatable bonds is 2. The van der Waals surface area contributed by atoms with E-state index in [0.717, 1.165) is 15.4 Å². The van der Waals surface area contributed by atoms with Crippen LogP contribution < -0.4 is 0 Å². The molecule has 0 aliphatic carbocycles. The summed E-state index contributed by atoms with van der Waals surface area (Å²) in [5, 5.41) is 1.74. The van der Waals surface area contributed by atoms with Crippen LogP contribution >= 0.6 is 39.1 Å². The third-order valence-corrected chi connectivity index (χ3v) is 4.12. The molecule has 0 fully saturated rings. The summed E-state index contributed by atoms with van der Waals surface area (Å²) in [6, 6.07) is 10.6. The third-order valence-electron chi connectivity index (χ3n) is 3.06. The molecule has 2 nitrogen and oxygen atoms in total. The van der Waals surface area contributed by atoms with E-state index in [0.29, 0.717) is 21.2 Å². The largest absolute Gasteiger partial charge is 0.360 e. The van der Waals surface area contributed by atoms with Gasteiger partial charge in [0.1, 0.15) is 0 Å². The quantitative estimate of drug-likeness (QED) is 0.598. The number of aromatic nitrogens is 1. The van der Waals surface area contributed by atoms with Gasteiger partial charge in [0.25, 0.3) is 0 Å². The molecule has 20 heavy (non-hydrogen) atoms. The number of nitrogens with one attached hydrogen (secondary N) is 1. The van der Waals surface area contributed by atoms with Crippen molar-refractivity contribution in [1.29, 1.82) is 0 Å². The predicted molar refractivity (Wildman–Crippen MR) is 85.9 cm³/mol. The van der Waals surface area contributed by atoms with Gasteiger partial charge in [-0.05, 0) is 30.3 Å². The van der Waals surface area contributed by atoms with Crippen molar-refractivity contribution in [2.24, 2.45) is 0 Å². The first-order valence-electron chi connectivity index (χ1n) is 5.82. The van der Waals surface area contributed by atoms with Gasteiger partial charge >= 0.3 is 0 Å². The van der Waals surface area contributed by atoms with E-state index in [1.54, 1.807) is 24.4 Å². The summed E-state index contributed by atoms with van der Waals surface area (Å²) >= 11 is 15.4. The minimum absolute atomic E-state index is 0.147. The molecule has 1 N–H and O–H groups in total. The smallest absolute Gasteiger partial charge is 0.196 e. The van der Waals surface area contributed by atoms with Crippen LogP contribution in [0.2, 0.25) is 10.0 Å². The molecule has 3 rings (SSSR count). The minimum atomic E-state index is -0.147. The van der Waals surface area contributed by atoms with E-state index in [4.69, 9.17) is 23.2 Å². The fraction of sp³-hybridized carbons (Fsp3) is 0. The molecule has 0 aliphatic rings. The molecule has 2 aromatic carbocycles. The molecular weight excluding hydrogens is 361 g/mol. The van der Waals surface area contributed by atoms with Crippen LogP contribution in [0.5, 0.6) is 0 Å². The molecule has 0 radical (unpaired) electrons. The molecule has 1 aromatic heterocycles. The van der Waals surface area contributed by atoms with Crippen molar-refractivity contribution in [1.82, 2.24) is 4.98 Å². The summed E-state index contributed by atoms with van der Waals surface area (Å²) in [4.78, 5) is 15.7. The zero-order valence-corrected chi connectivity index (χ0v) is 13.2. The van der Waals surface area contributed by atoms with E-state index in [1.807, 2.05) is 18.2 Å². The van der Waals surface area contributed by atoms with Gasteiger partial charge in [-0.3, -0.25) is 4.79 Å². The highest BCUT2D eigenvalue weighted by Crippen LogP contribution is 2.28. The van der Waals surface area contributed by atoms with Crippen molar-refractivity contribution >= 4 is 55.8 Å². The number of fused-ring (bicyclic) bond motifs is 1. The van der Waals surface area contributed by atoms with Crippen molar-refractivity contribution in [3.8, 4) is 0 Å². The van der Waals surface area contributed by atoms with Crippen molar-refractivity contribution in [3.05, 3.63) is 68.2 Å². The zero-order chi connectivity index (χ0) is 14.3. The monoisotopic (exact) mass is 367 g/mol. The van der Waals surface area contributed by atoms with Crippen LogP contribution in [-0.4, -0.2) is 10.8 Å². The Morgan fingerprint density at radius 3 is 2.65 bits per heavy atom. The van der Waals surface area contributed by atoms with Gasteiger partial charge in [-0.15, -0.1) is 0 Å². The number of aromatic amines is 1. The lowest BCUT2D eigenvalue weighted by Gasteiger charge is -2.03. The van der Waals surface area contributed by atoms with E-state index < -0.39 is 0 Å². The standard InChI is InChI=1S/C15H8BrCl2NO/c16-8-1-3-10-12(7-19-14(10)5-8)15(20)11-6-9(17)2-4-13(11)18/h1-7,19H. The van der Waals surface area contributed by atoms with Crippen LogP contribution in [0.25, 0.3) is 10.9 Å². The fourth-order valence-electron chi connectivity index (χ4n) is 2.10. The molecule has 0 atom stereocenters. The Morgan fingerprint density at radius 1 is 1.05 bits per heavy atom. The van der Waals surface area contributed by atoms with Crippen LogP contribution in [0.1, 0.15) is 15.9 Å². The van der Waals surface area contributed by atoms with Crippen LogP contribution in [0, 0.1) is 0 Å². The molecule has 3 aromatic rings. The van der Waals surface area contributed by atoms with Crippen LogP contribution in [-0.2, 0) is 0 Å². The van der Waals surface area contributed by atoms with Crippen molar-refractivity contribution < 1.29 is 4.79 Å². The average Bonchev–Trinajstić information content (AvgIpc) is 2.83. The third kappa shape index (κ3) is 2.37. The molecule has 0 bridgehead atoms. The molecular formula is C15H8BrCl2NO. The number of hydrogen-bond donors (Lipinski definition) is 1. The first-order chi connectivity index (χ1) is 9.56. The van der Waals surface area contributed by atoms with Gasteiger partial charge in [0.2, 0.25) is 0 Å². The second-order valence-electron chi connectivity index (χ2n) is 4.35. The zero-order valence-electron chi connectivity index (χ0n) is 10.1. The number of carbonyl (C=O) groups excluding carboxylic acids is 1. The lowest BCUT2D eigenvalue weighted by Crippen LogP contribution is -2.01. The fourth-order valence-corrected chi connectivity index (χ4v) is 2.84. The Labute approximate surface area is 133 Å². The maximum absolute atomic E-state index is 12.6. The molecule has 0 unspecified atom stereocenters. The van der Waals surface area contributed by atoms with E-state index in [2.05, 4.69) is 20.9 Å². The molecule has 0 saturated carbocycles. The van der Waals surface area contributed by atoms with Gasteiger partial charge in [-0.1, -0.05) is 45.2 Å². The molecule has 5 heteroatoms. The maximum atomic E-state index is 12.6. The summed E-state index contributed by atoms with van der Waals surface area (Å²) in [5.74, 6) is -0.147. The topological polar surface area (TPSA) is 32.9 Å². The van der Waals surface area contributed by atoms with E-state index in [9.17, 15) is 4.79 Å². The number of H-pyrrole nitrogens is 1. The van der Waals surface area contributed by atoms with Gasteiger partial charge in [0.05, 0.1) is 5.02 Å². The van der Waals surface area contributed by atoms with Crippen molar-refractivity contribution in [2.45, 2.75) is 0 Å². The number of hydrogen-bond acceptors (Lipinski definition) is 1. The summed E-state index contributed by atoms with van der Waals surface area (Å²) in [7, 11) is 0. The number of benzene rings is 2. The minimum Gasteiger partial charge on any atom is -0.360 e. The second kappa shape index (κ2) is 5.24. The molecule has 0 amide bonds. The second-order valence-corrected chi connectivity index (χ2v) is 6.10. The number of halogens is 3. The van der Waals surface area contributed by atoms with Crippen LogP contribution in [0.4, 0.5) is 0 Å². The normalized spacial score (nSPS) is 10.9. The molecule has 1 heterocycles. The van der Waals surface area contributed by atoms with Gasteiger partial charge in [0.15, 0.2) is 5.78 Å². The Morgan fingerprint density at radius 2 is 1.85 bits per heavy atom. The number of carbonyl (C=O) groups is 1. The average molecular weight is 369 g/mol. The first-order valence-corrected chi connectivity index (χ1v) is 7.37. The van der Waals surface area contributed by atoms with Crippen LogP contribution in [0.15, 0.2) is 47.1 Å². The molecule has 0 saturated heterocycles. The van der Waals surface area contributed by atoms with E-state index in [1.165, 1.54) is 0 Å². The van der Waals surface area contributed by atoms with E-state index >= 15 is 0 Å². The summed E-state index contributed by atoms with van der Waals surface area (Å²) in [6.45, 7) is 0. The van der Waals surface area contributed by atoms with Crippen LogP contribution in [0.3, 0.4) is 0 Å². The van der Waals surface area contributed by atoms with E-state index in [-0.39, 0.29) is 5.78 Å². The SMILES string of the molecule is O=C(c1cc(Cl)ccc1Cl)c1c[nH]c2cc(Br)ccc12. The van der Waals surface area contributed by atoms with Gasteiger partial charge in [0, 0.05) is 37.7 Å². The predicted octanol–water partition coefficient (Wildman–Crippen LogP) is 5.47. The summed E-state index contributed by atoms with van der Waals surface area (Å²) < 4.78 is 0.951. The highest BCUT2D eigenvalue weighted by atomic mass is 79.9. The van der Waals surface area contributed by atoms with Gasteiger partial charge in [-0.2, -0.15) is 0 Å². The summed E-state index contributed by atoms with van der Waals surface area (Å²) in [6.07, 6.45) is 1.69. The molecule has 0 aliphatic heterocycles. The van der Waals surface area contributed by atoms with Crippen molar-refractivity contribution in [3.63, 3.8) is 0 Å². The molecule has 0 spiro atoms. The van der Waals surface area contributed by atoms with Gasteiger partial charge < -0.3 is 4.98 Å². The lowest BCUT2D eigenvalue weighted by molar-refractivity contribution is 0.104. The van der Waals surface area contributed by atoms with Crippen molar-refractivity contribution in [2.75, 3.05) is 0 Å². The first kappa shape index (κ1) is 13.7. The maximum Gasteiger partial charge on any atom is 0.196 e. The summed E-state index contributed by atoms with van der Waals surface area (Å²) in [5.41, 5.74) is 1.88. The highest BCUT2D eigenvalue weighted by Gasteiger charge is 2.17.